The fourth-order valence-electron chi connectivity index (χ4n) is 5.24. The van der Waals surface area contributed by atoms with Crippen molar-refractivity contribution in [3.8, 4) is 5.75 Å². The van der Waals surface area contributed by atoms with E-state index in [4.69, 9.17) is 4.74 Å². The molecular weight excluding hydrogens is 428 g/mol. The van der Waals surface area contributed by atoms with E-state index >= 15 is 0 Å². The maximum Gasteiger partial charge on any atom is 0.328 e. The van der Waals surface area contributed by atoms with Crippen LogP contribution in [0.5, 0.6) is 5.75 Å². The van der Waals surface area contributed by atoms with Crippen LogP contribution in [0.2, 0.25) is 0 Å². The monoisotopic (exact) mass is 452 g/mol. The summed E-state index contributed by atoms with van der Waals surface area (Å²) < 4.78 is 5.33. The van der Waals surface area contributed by atoms with E-state index in [-0.39, 0.29) is 18.0 Å². The van der Waals surface area contributed by atoms with Crippen LogP contribution in [-0.2, 0) is 17.6 Å². The fourth-order valence-corrected chi connectivity index (χ4v) is 5.24. The third kappa shape index (κ3) is 3.15. The Labute approximate surface area is 197 Å². The fraction of sp³-hybridized carbons (Fsp3) is 0.222. The molecule has 2 aliphatic rings. The Morgan fingerprint density at radius 3 is 2.59 bits per heavy atom. The van der Waals surface area contributed by atoms with Crippen molar-refractivity contribution in [1.82, 2.24) is 19.8 Å². The lowest BCUT2D eigenvalue weighted by Gasteiger charge is -2.36. The van der Waals surface area contributed by atoms with Gasteiger partial charge in [0.15, 0.2) is 0 Å². The summed E-state index contributed by atoms with van der Waals surface area (Å²) in [4.78, 5) is 38.2. The van der Waals surface area contributed by atoms with Crippen LogP contribution >= 0.6 is 0 Å². The van der Waals surface area contributed by atoms with E-state index in [1.165, 1.54) is 4.90 Å². The molecule has 7 heteroatoms. The number of methoxy groups -OCH3 is 1. The lowest BCUT2D eigenvalue weighted by molar-refractivity contribution is -0.128. The Hall–Kier alpha value is -4.13. The molecule has 0 radical (unpaired) electrons. The van der Waals surface area contributed by atoms with Gasteiger partial charge >= 0.3 is 6.03 Å². The molecule has 0 saturated carbocycles. The van der Waals surface area contributed by atoms with Gasteiger partial charge < -0.3 is 9.72 Å². The van der Waals surface area contributed by atoms with Crippen molar-refractivity contribution in [2.45, 2.75) is 24.9 Å². The molecule has 1 fully saturated rings. The smallest absolute Gasteiger partial charge is 0.328 e. The number of aromatic amines is 1. The molecule has 2 aromatic carbocycles. The zero-order valence-corrected chi connectivity index (χ0v) is 18.8. The SMILES string of the molecule is COc1ccc([C@H]2c3[nH]c4ccccc4c3C[C@H]3C(=O)N(CCc4ccccn4)C(=O)N23)cc1. The maximum atomic E-state index is 13.7. The highest BCUT2D eigenvalue weighted by Gasteiger charge is 2.52. The summed E-state index contributed by atoms with van der Waals surface area (Å²) >= 11 is 0. The van der Waals surface area contributed by atoms with Gasteiger partial charge in [-0.05, 0) is 41.5 Å². The molecule has 2 atom stereocenters. The second-order valence-electron chi connectivity index (χ2n) is 8.71. The predicted octanol–water partition coefficient (Wildman–Crippen LogP) is 4.09. The molecule has 0 bridgehead atoms. The molecular formula is C27H24N4O3. The van der Waals surface area contributed by atoms with Crippen molar-refractivity contribution in [2.24, 2.45) is 0 Å². The number of ether oxygens (including phenoxy) is 1. The summed E-state index contributed by atoms with van der Waals surface area (Å²) in [5.74, 6) is 0.601. The van der Waals surface area contributed by atoms with Gasteiger partial charge in [-0.15, -0.1) is 0 Å². The molecule has 0 aliphatic carbocycles. The Balaban J connectivity index is 1.42. The van der Waals surface area contributed by atoms with Crippen molar-refractivity contribution >= 4 is 22.8 Å². The highest BCUT2D eigenvalue weighted by molar-refractivity contribution is 6.05. The van der Waals surface area contributed by atoms with Gasteiger partial charge in [-0.3, -0.25) is 19.6 Å². The summed E-state index contributed by atoms with van der Waals surface area (Å²) in [5.41, 5.74) is 4.88. The number of benzene rings is 2. The van der Waals surface area contributed by atoms with Crippen LogP contribution in [0.4, 0.5) is 4.79 Å². The first-order chi connectivity index (χ1) is 16.7. The number of aromatic nitrogens is 2. The van der Waals surface area contributed by atoms with Crippen LogP contribution in [0.3, 0.4) is 0 Å². The van der Waals surface area contributed by atoms with Gasteiger partial charge in [0, 0.05) is 47.9 Å². The largest absolute Gasteiger partial charge is 0.497 e. The molecule has 4 aromatic rings. The standard InChI is InChI=1S/C27H24N4O3/c1-34-19-11-9-17(10-12-19)25-24-21(20-7-2-3-8-22(20)29-24)16-23-26(32)30(27(33)31(23)25)15-13-18-6-4-5-14-28-18/h2-12,14,23,25,29H,13,15-16H2,1H3/t23-,25-/m0/s1. The Morgan fingerprint density at radius 2 is 1.82 bits per heavy atom. The van der Waals surface area contributed by atoms with E-state index < -0.39 is 6.04 Å². The number of para-hydroxylation sites is 1. The van der Waals surface area contributed by atoms with Crippen LogP contribution in [0.1, 0.15) is 28.6 Å². The summed E-state index contributed by atoms with van der Waals surface area (Å²) in [6, 6.07) is 20.3. The molecule has 2 aliphatic heterocycles. The number of fused-ring (bicyclic) bond motifs is 4. The summed E-state index contributed by atoms with van der Waals surface area (Å²) in [6.45, 7) is 0.311. The quantitative estimate of drug-likeness (QED) is 0.463. The zero-order valence-electron chi connectivity index (χ0n) is 18.8. The number of imide groups is 1. The highest BCUT2D eigenvalue weighted by Crippen LogP contribution is 2.44. The number of H-pyrrole nitrogens is 1. The Bertz CT molecular complexity index is 1380. The number of pyridine rings is 1. The summed E-state index contributed by atoms with van der Waals surface area (Å²) in [7, 11) is 1.63. The van der Waals surface area contributed by atoms with Crippen molar-refractivity contribution in [2.75, 3.05) is 13.7 Å². The Morgan fingerprint density at radius 1 is 1.03 bits per heavy atom. The molecule has 0 unspecified atom stereocenters. The predicted molar refractivity (Wildman–Crippen MR) is 128 cm³/mol. The van der Waals surface area contributed by atoms with Crippen molar-refractivity contribution in [3.05, 3.63) is 95.4 Å². The first-order valence-corrected chi connectivity index (χ1v) is 11.4. The zero-order chi connectivity index (χ0) is 23.2. The van der Waals surface area contributed by atoms with Gasteiger partial charge in [0.25, 0.3) is 5.91 Å². The van der Waals surface area contributed by atoms with Crippen molar-refractivity contribution in [1.29, 1.82) is 0 Å². The molecule has 170 valence electrons. The second kappa shape index (κ2) is 8.02. The lowest BCUT2D eigenvalue weighted by Crippen LogP contribution is -2.44. The molecule has 1 saturated heterocycles. The maximum absolute atomic E-state index is 13.7. The Kier molecular flexibility index (Phi) is 4.83. The first-order valence-electron chi connectivity index (χ1n) is 11.4. The van der Waals surface area contributed by atoms with Gasteiger partial charge in [0.1, 0.15) is 17.8 Å². The molecule has 4 heterocycles. The highest BCUT2D eigenvalue weighted by atomic mass is 16.5. The number of nitrogens with zero attached hydrogens (tertiary/aromatic N) is 3. The number of amides is 3. The van der Waals surface area contributed by atoms with Crippen molar-refractivity contribution < 1.29 is 14.3 Å². The molecule has 3 amide bonds. The van der Waals surface area contributed by atoms with Crippen molar-refractivity contribution in [3.63, 3.8) is 0 Å². The van der Waals surface area contributed by atoms with Gasteiger partial charge in [-0.2, -0.15) is 0 Å². The minimum absolute atomic E-state index is 0.143. The minimum atomic E-state index is -0.532. The molecule has 7 nitrogen and oxygen atoms in total. The third-order valence-electron chi connectivity index (χ3n) is 6.88. The first kappa shape index (κ1) is 20.5. The van der Waals surface area contributed by atoms with E-state index in [0.717, 1.165) is 39.2 Å². The van der Waals surface area contributed by atoms with Gasteiger partial charge in [-0.1, -0.05) is 36.4 Å². The average molecular weight is 453 g/mol. The van der Waals surface area contributed by atoms with Crippen LogP contribution in [-0.4, -0.2) is 51.4 Å². The number of urea groups is 1. The van der Waals surface area contributed by atoms with E-state index in [1.807, 2.05) is 60.7 Å². The summed E-state index contributed by atoms with van der Waals surface area (Å²) in [5, 5.41) is 1.10. The second-order valence-corrected chi connectivity index (χ2v) is 8.71. The summed E-state index contributed by atoms with van der Waals surface area (Å²) in [6.07, 6.45) is 2.75. The topological polar surface area (TPSA) is 78.5 Å². The number of carbonyl (C=O) groups excluding carboxylic acids is 2. The number of rotatable bonds is 5. The normalized spacial score (nSPS) is 19.4. The number of nitrogens with one attached hydrogen (secondary N) is 1. The number of carbonyl (C=O) groups is 2. The van der Waals surface area contributed by atoms with Gasteiger partial charge in [-0.25, -0.2) is 4.79 Å². The number of hydrogen-bond donors (Lipinski definition) is 1. The lowest BCUT2D eigenvalue weighted by atomic mass is 9.89. The minimum Gasteiger partial charge on any atom is -0.497 e. The molecule has 1 N–H and O–H groups in total. The molecule has 6 rings (SSSR count). The van der Waals surface area contributed by atoms with Crippen LogP contribution in [0.15, 0.2) is 72.9 Å². The third-order valence-corrected chi connectivity index (χ3v) is 6.88. The van der Waals surface area contributed by atoms with Crippen LogP contribution in [0, 0.1) is 0 Å². The van der Waals surface area contributed by atoms with Gasteiger partial charge in [0.2, 0.25) is 0 Å². The van der Waals surface area contributed by atoms with E-state index in [1.54, 1.807) is 18.2 Å². The van der Waals surface area contributed by atoms with Crippen LogP contribution < -0.4 is 4.74 Å². The molecule has 0 spiro atoms. The van der Waals surface area contributed by atoms with Gasteiger partial charge in [0.05, 0.1) is 7.11 Å². The number of hydrogen-bond acceptors (Lipinski definition) is 4. The average Bonchev–Trinajstić information content (AvgIpc) is 3.37. The van der Waals surface area contributed by atoms with Crippen LogP contribution in [0.25, 0.3) is 10.9 Å². The molecule has 34 heavy (non-hydrogen) atoms. The van der Waals surface area contributed by atoms with E-state index in [2.05, 4.69) is 16.0 Å². The molecule has 2 aromatic heterocycles. The van der Waals surface area contributed by atoms with E-state index in [0.29, 0.717) is 19.4 Å². The van der Waals surface area contributed by atoms with E-state index in [9.17, 15) is 9.59 Å².